The predicted octanol–water partition coefficient (Wildman–Crippen LogP) is 4.06. The van der Waals surface area contributed by atoms with Gasteiger partial charge in [-0.1, -0.05) is 32.4 Å². The largest absolute Gasteiger partial charge is 0.457 e. The maximum absolute atomic E-state index is 12.8. The second kappa shape index (κ2) is 12.5. The highest BCUT2D eigenvalue weighted by Crippen LogP contribution is 2.25. The van der Waals surface area contributed by atoms with Crippen LogP contribution in [0.1, 0.15) is 71.0 Å². The summed E-state index contributed by atoms with van der Waals surface area (Å²) in [7, 11) is 0. The molecule has 0 radical (unpaired) electrons. The van der Waals surface area contributed by atoms with Gasteiger partial charge in [-0.3, -0.25) is 14.4 Å². The summed E-state index contributed by atoms with van der Waals surface area (Å²) in [5.41, 5.74) is 2.57. The van der Waals surface area contributed by atoms with Crippen LogP contribution in [0.2, 0.25) is 0 Å². The van der Waals surface area contributed by atoms with Gasteiger partial charge in [-0.05, 0) is 38.8 Å². The number of aliphatic hydroxyl groups is 2. The lowest BCUT2D eigenvalue weighted by Crippen LogP contribution is -2.40. The zero-order chi connectivity index (χ0) is 25.6. The number of aryl methyl sites for hydroxylation is 1. The highest BCUT2D eigenvalue weighted by atomic mass is 32.1. The van der Waals surface area contributed by atoms with Crippen LogP contribution in [0.5, 0.6) is 0 Å². The zero-order valence-electron chi connectivity index (χ0n) is 20.9. The molecule has 2 N–H and O–H groups in total. The van der Waals surface area contributed by atoms with Crippen LogP contribution in [0.3, 0.4) is 0 Å². The van der Waals surface area contributed by atoms with Gasteiger partial charge in [-0.15, -0.1) is 11.3 Å². The lowest BCUT2D eigenvalue weighted by atomic mass is 9.81. The van der Waals surface area contributed by atoms with Crippen LogP contribution in [0.4, 0.5) is 0 Å². The first kappa shape index (κ1) is 28.1. The van der Waals surface area contributed by atoms with E-state index < -0.39 is 42.0 Å². The molecule has 1 aromatic rings. The zero-order valence-corrected chi connectivity index (χ0v) is 21.7. The highest BCUT2D eigenvalue weighted by molar-refractivity contribution is 7.09. The molecule has 34 heavy (non-hydrogen) atoms. The fraction of sp³-hybridized carbons (Fsp3) is 0.615. The quantitative estimate of drug-likeness (QED) is 0.474. The molecule has 0 amide bonds. The van der Waals surface area contributed by atoms with E-state index in [0.717, 1.165) is 21.8 Å². The minimum absolute atomic E-state index is 0.113. The topological polar surface area (TPSA) is 114 Å². The van der Waals surface area contributed by atoms with Crippen molar-refractivity contribution in [1.82, 2.24) is 4.98 Å². The summed E-state index contributed by atoms with van der Waals surface area (Å²) in [4.78, 5) is 42.6. The summed E-state index contributed by atoms with van der Waals surface area (Å²) in [6.07, 6.45) is 1.70. The van der Waals surface area contributed by atoms with Crippen LogP contribution in [0.15, 0.2) is 22.6 Å². The molecule has 0 saturated carbocycles. The number of thiazole rings is 1. The van der Waals surface area contributed by atoms with Gasteiger partial charge in [0.15, 0.2) is 0 Å². The average Bonchev–Trinajstić information content (AvgIpc) is 3.20. The SMILES string of the molecule is C/C1=C/C[C@@H](/C(C)=C/c2csc(C)n2)OC(=O)C[C@H](O)[C@@H](C)C(=O)[C@H](C)[C@@H](O)[C@@H](C)C(=O)CC1. The molecule has 7 nitrogen and oxygen atoms in total. The van der Waals surface area contributed by atoms with Crippen LogP contribution in [0.25, 0.3) is 6.08 Å². The number of carbonyl (C=O) groups excluding carboxylic acids is 3. The summed E-state index contributed by atoms with van der Waals surface area (Å²) in [6, 6.07) is 0. The Morgan fingerprint density at radius 1 is 1.09 bits per heavy atom. The third kappa shape index (κ3) is 7.68. The minimum Gasteiger partial charge on any atom is -0.457 e. The number of hydrogen-bond acceptors (Lipinski definition) is 8. The van der Waals surface area contributed by atoms with Crippen molar-refractivity contribution in [2.24, 2.45) is 17.8 Å². The van der Waals surface area contributed by atoms with Gasteiger partial charge in [0.2, 0.25) is 0 Å². The van der Waals surface area contributed by atoms with Gasteiger partial charge in [0.1, 0.15) is 17.7 Å². The summed E-state index contributed by atoms with van der Waals surface area (Å²) >= 11 is 1.53. The molecular weight excluding hydrogens is 454 g/mol. The predicted molar refractivity (Wildman–Crippen MR) is 132 cm³/mol. The third-order valence-electron chi connectivity index (χ3n) is 6.62. The lowest BCUT2D eigenvalue weighted by molar-refractivity contribution is -0.151. The van der Waals surface area contributed by atoms with Gasteiger partial charge in [-0.2, -0.15) is 0 Å². The van der Waals surface area contributed by atoms with Gasteiger partial charge in [0, 0.05) is 36.0 Å². The first-order valence-corrected chi connectivity index (χ1v) is 12.7. The molecule has 8 heteroatoms. The van der Waals surface area contributed by atoms with Crippen LogP contribution < -0.4 is 0 Å². The summed E-state index contributed by atoms with van der Waals surface area (Å²) in [5, 5.41) is 24.0. The fourth-order valence-corrected chi connectivity index (χ4v) is 4.58. The summed E-state index contributed by atoms with van der Waals surface area (Å²) in [5.74, 6) is -3.53. The first-order valence-electron chi connectivity index (χ1n) is 11.8. The molecule has 0 fully saturated rings. The molecule has 188 valence electrons. The Morgan fingerprint density at radius 2 is 1.76 bits per heavy atom. The van der Waals surface area contributed by atoms with E-state index in [1.54, 1.807) is 13.8 Å². The van der Waals surface area contributed by atoms with Gasteiger partial charge in [0.05, 0.1) is 29.3 Å². The van der Waals surface area contributed by atoms with E-state index in [1.165, 1.54) is 18.3 Å². The summed E-state index contributed by atoms with van der Waals surface area (Å²) in [6.45, 7) is 10.4. The first-order chi connectivity index (χ1) is 15.9. The number of nitrogens with zero attached hydrogens (tertiary/aromatic N) is 1. The van der Waals surface area contributed by atoms with Gasteiger partial charge < -0.3 is 14.9 Å². The Morgan fingerprint density at radius 3 is 2.38 bits per heavy atom. The molecular formula is C26H37NO6S. The van der Waals surface area contributed by atoms with Crippen LogP contribution in [-0.4, -0.2) is 51.0 Å². The Kier molecular flexibility index (Phi) is 10.3. The van der Waals surface area contributed by atoms with Crippen LogP contribution >= 0.6 is 11.3 Å². The minimum atomic E-state index is -1.25. The molecule has 2 rings (SSSR count). The monoisotopic (exact) mass is 491 g/mol. The molecule has 1 aromatic heterocycles. The molecule has 2 heterocycles. The number of rotatable bonds is 2. The number of ketones is 2. The number of hydrogen-bond donors (Lipinski definition) is 2. The molecule has 1 aliphatic heterocycles. The van der Waals surface area contributed by atoms with Crippen LogP contribution in [0, 0.1) is 24.7 Å². The number of aliphatic hydroxyl groups excluding tert-OH is 2. The van der Waals surface area contributed by atoms with Crippen molar-refractivity contribution in [3.05, 3.63) is 33.3 Å². The van der Waals surface area contributed by atoms with Crippen LogP contribution in [-0.2, 0) is 19.1 Å². The maximum Gasteiger partial charge on any atom is 0.309 e. The van der Waals surface area contributed by atoms with Crippen molar-refractivity contribution >= 4 is 34.9 Å². The number of carbonyl (C=O) groups is 3. The van der Waals surface area contributed by atoms with E-state index in [1.807, 2.05) is 38.3 Å². The number of cyclic esters (lactones) is 1. The van der Waals surface area contributed by atoms with E-state index in [2.05, 4.69) is 4.98 Å². The van der Waals surface area contributed by atoms with Crippen molar-refractivity contribution in [2.45, 2.75) is 85.5 Å². The molecule has 0 aromatic carbocycles. The van der Waals surface area contributed by atoms with E-state index in [4.69, 9.17) is 4.74 Å². The smallest absolute Gasteiger partial charge is 0.309 e. The van der Waals surface area contributed by atoms with E-state index >= 15 is 0 Å². The summed E-state index contributed by atoms with van der Waals surface area (Å²) < 4.78 is 5.72. The maximum atomic E-state index is 12.8. The van der Waals surface area contributed by atoms with Crippen molar-refractivity contribution in [3.63, 3.8) is 0 Å². The number of ether oxygens (including phenoxy) is 1. The Balaban J connectivity index is 2.33. The molecule has 0 unspecified atom stereocenters. The van der Waals surface area contributed by atoms with Crippen molar-refractivity contribution in [2.75, 3.05) is 0 Å². The van der Waals surface area contributed by atoms with Crippen molar-refractivity contribution in [3.8, 4) is 0 Å². The number of esters is 1. The number of Topliss-reactive ketones (excluding diaryl/α,β-unsaturated/α-hetero) is 2. The lowest BCUT2D eigenvalue weighted by Gasteiger charge is -2.27. The van der Waals surface area contributed by atoms with Gasteiger partial charge in [-0.25, -0.2) is 4.98 Å². The van der Waals surface area contributed by atoms with Crippen molar-refractivity contribution < 1.29 is 29.3 Å². The van der Waals surface area contributed by atoms with Gasteiger partial charge in [0.25, 0.3) is 0 Å². The highest BCUT2D eigenvalue weighted by Gasteiger charge is 2.36. The average molecular weight is 492 g/mol. The molecule has 0 saturated heterocycles. The second-order valence-electron chi connectivity index (χ2n) is 9.44. The Labute approximate surface area is 205 Å². The van der Waals surface area contributed by atoms with E-state index in [-0.39, 0.29) is 24.4 Å². The van der Waals surface area contributed by atoms with Gasteiger partial charge >= 0.3 is 5.97 Å². The van der Waals surface area contributed by atoms with E-state index in [9.17, 15) is 24.6 Å². The standard InChI is InChI=1S/C26H37NO6S/c1-14-7-9-21(28)16(3)25(31)18(5)26(32)17(4)22(29)12-24(30)33-23(10-8-14)15(2)11-20-13-34-19(6)27-20/h8,11,13,16-18,22-23,25,29,31H,7,9-10,12H2,1-6H3/b14-8-,15-11+/t16-,17+,18+,22-,23-,25-/m0/s1. The molecule has 0 spiro atoms. The molecule has 0 aliphatic carbocycles. The third-order valence-corrected chi connectivity index (χ3v) is 7.41. The Bertz CT molecular complexity index is 949. The number of aromatic nitrogens is 1. The molecule has 1 aliphatic rings. The molecule has 0 bridgehead atoms. The normalized spacial score (nSPS) is 32.8. The molecule has 6 atom stereocenters. The van der Waals surface area contributed by atoms with E-state index in [0.29, 0.717) is 12.8 Å². The van der Waals surface area contributed by atoms with Crippen molar-refractivity contribution in [1.29, 1.82) is 0 Å². The number of allylic oxidation sites excluding steroid dienone is 1. The second-order valence-corrected chi connectivity index (χ2v) is 10.5. The fourth-order valence-electron chi connectivity index (χ4n) is 4.01. The Hall–Kier alpha value is -2.16.